The minimum absolute atomic E-state index is 0.105. The van der Waals surface area contributed by atoms with E-state index in [1.54, 1.807) is 0 Å². The van der Waals surface area contributed by atoms with Crippen molar-refractivity contribution in [1.82, 2.24) is 0 Å². The molecular formula is C13H22O2. The van der Waals surface area contributed by atoms with Gasteiger partial charge in [-0.3, -0.25) is 4.79 Å². The quantitative estimate of drug-likeness (QED) is 0.525. The topological polar surface area (TPSA) is 26.3 Å². The van der Waals surface area contributed by atoms with Crippen molar-refractivity contribution in [2.75, 3.05) is 7.11 Å². The van der Waals surface area contributed by atoms with Crippen molar-refractivity contribution in [2.45, 2.75) is 45.4 Å². The average Bonchev–Trinajstić information content (AvgIpc) is 2.32. The molecule has 0 saturated heterocycles. The van der Waals surface area contributed by atoms with Crippen molar-refractivity contribution >= 4 is 5.97 Å². The number of esters is 1. The Balaban J connectivity index is 2.87. The maximum Gasteiger partial charge on any atom is 0.315 e. The molecule has 0 heterocycles. The predicted octanol–water partition coefficient (Wildman–Crippen LogP) is 3.32. The first-order valence-electron chi connectivity index (χ1n) is 5.93. The van der Waals surface area contributed by atoms with Crippen LogP contribution in [0.15, 0.2) is 12.7 Å². The Morgan fingerprint density at radius 1 is 1.47 bits per heavy atom. The van der Waals surface area contributed by atoms with Crippen LogP contribution in [0.2, 0.25) is 0 Å². The first-order valence-corrected chi connectivity index (χ1v) is 5.93. The molecule has 15 heavy (non-hydrogen) atoms. The van der Waals surface area contributed by atoms with Gasteiger partial charge in [0.1, 0.15) is 0 Å². The molecule has 0 amide bonds. The van der Waals surface area contributed by atoms with Crippen LogP contribution >= 0.6 is 0 Å². The molecule has 1 rings (SSSR count). The largest absolute Gasteiger partial charge is 0.468 e. The van der Waals surface area contributed by atoms with Gasteiger partial charge in [-0.05, 0) is 25.2 Å². The van der Waals surface area contributed by atoms with Gasteiger partial charge in [-0.1, -0.05) is 32.3 Å². The van der Waals surface area contributed by atoms with Crippen LogP contribution in [-0.4, -0.2) is 13.1 Å². The second kappa shape index (κ2) is 5.34. The number of hydrogen-bond acceptors (Lipinski definition) is 2. The van der Waals surface area contributed by atoms with Crippen molar-refractivity contribution in [3.05, 3.63) is 12.7 Å². The molecule has 0 aromatic heterocycles. The fraction of sp³-hybridized carbons (Fsp3) is 0.769. The SMILES string of the molecule is C=C[C@](CC)(C(=O)OC)C1CCCCC1. The summed E-state index contributed by atoms with van der Waals surface area (Å²) in [6.07, 6.45) is 8.65. The molecule has 0 unspecified atom stereocenters. The third kappa shape index (κ3) is 2.24. The third-order valence-corrected chi connectivity index (χ3v) is 3.85. The molecule has 1 fully saturated rings. The number of hydrogen-bond donors (Lipinski definition) is 0. The molecule has 1 aliphatic carbocycles. The highest BCUT2D eigenvalue weighted by atomic mass is 16.5. The lowest BCUT2D eigenvalue weighted by atomic mass is 9.67. The van der Waals surface area contributed by atoms with Crippen LogP contribution in [0.4, 0.5) is 0 Å². The van der Waals surface area contributed by atoms with Crippen LogP contribution in [-0.2, 0) is 9.53 Å². The normalized spacial score (nSPS) is 21.7. The van der Waals surface area contributed by atoms with E-state index in [2.05, 4.69) is 6.58 Å². The zero-order valence-corrected chi connectivity index (χ0v) is 9.92. The van der Waals surface area contributed by atoms with Crippen LogP contribution in [0, 0.1) is 11.3 Å². The maximum atomic E-state index is 11.9. The molecule has 2 heteroatoms. The van der Waals surface area contributed by atoms with Crippen LogP contribution in [0.25, 0.3) is 0 Å². The molecule has 0 N–H and O–H groups in total. The second-order valence-corrected chi connectivity index (χ2v) is 4.42. The van der Waals surface area contributed by atoms with Gasteiger partial charge in [-0.2, -0.15) is 0 Å². The van der Waals surface area contributed by atoms with E-state index in [4.69, 9.17) is 4.74 Å². The highest BCUT2D eigenvalue weighted by Gasteiger charge is 2.42. The lowest BCUT2D eigenvalue weighted by Crippen LogP contribution is -2.38. The molecule has 0 bridgehead atoms. The van der Waals surface area contributed by atoms with Crippen LogP contribution in [0.5, 0.6) is 0 Å². The Labute approximate surface area is 92.7 Å². The summed E-state index contributed by atoms with van der Waals surface area (Å²) >= 11 is 0. The van der Waals surface area contributed by atoms with E-state index in [0.717, 1.165) is 19.3 Å². The van der Waals surface area contributed by atoms with Crippen molar-refractivity contribution in [3.63, 3.8) is 0 Å². The molecule has 0 aromatic carbocycles. The summed E-state index contributed by atoms with van der Waals surface area (Å²) in [6, 6.07) is 0. The number of methoxy groups -OCH3 is 1. The summed E-state index contributed by atoms with van der Waals surface area (Å²) in [6.45, 7) is 5.90. The van der Waals surface area contributed by atoms with Crippen molar-refractivity contribution in [3.8, 4) is 0 Å². The van der Waals surface area contributed by atoms with Gasteiger partial charge in [0, 0.05) is 0 Å². The zero-order valence-electron chi connectivity index (χ0n) is 9.92. The molecule has 86 valence electrons. The standard InChI is InChI=1S/C13H22O2/c1-4-13(5-2,12(14)15-3)11-9-7-6-8-10-11/h4,11H,1,5-10H2,2-3H3/t13-/m1/s1. The van der Waals surface area contributed by atoms with Gasteiger partial charge < -0.3 is 4.74 Å². The lowest BCUT2D eigenvalue weighted by Gasteiger charge is -2.37. The summed E-state index contributed by atoms with van der Waals surface area (Å²) < 4.78 is 4.94. The van der Waals surface area contributed by atoms with E-state index in [1.807, 2.05) is 13.0 Å². The highest BCUT2D eigenvalue weighted by molar-refractivity contribution is 5.79. The van der Waals surface area contributed by atoms with E-state index >= 15 is 0 Å². The van der Waals surface area contributed by atoms with Crippen LogP contribution < -0.4 is 0 Å². The van der Waals surface area contributed by atoms with E-state index in [0.29, 0.717) is 5.92 Å². The van der Waals surface area contributed by atoms with E-state index < -0.39 is 5.41 Å². The molecule has 0 radical (unpaired) electrons. The van der Waals surface area contributed by atoms with Gasteiger partial charge in [0.15, 0.2) is 0 Å². The van der Waals surface area contributed by atoms with Crippen molar-refractivity contribution in [1.29, 1.82) is 0 Å². The monoisotopic (exact) mass is 210 g/mol. The molecule has 2 nitrogen and oxygen atoms in total. The molecule has 1 atom stereocenters. The Morgan fingerprint density at radius 3 is 2.47 bits per heavy atom. The molecule has 1 saturated carbocycles. The van der Waals surface area contributed by atoms with Gasteiger partial charge in [-0.15, -0.1) is 6.58 Å². The first-order chi connectivity index (χ1) is 7.21. The fourth-order valence-electron chi connectivity index (χ4n) is 2.80. The summed E-state index contributed by atoms with van der Waals surface area (Å²) in [5.41, 5.74) is -0.435. The summed E-state index contributed by atoms with van der Waals surface area (Å²) in [7, 11) is 1.47. The summed E-state index contributed by atoms with van der Waals surface area (Å²) in [4.78, 5) is 11.9. The Morgan fingerprint density at radius 2 is 2.07 bits per heavy atom. The molecule has 1 aliphatic rings. The van der Waals surface area contributed by atoms with Crippen molar-refractivity contribution in [2.24, 2.45) is 11.3 Å². The smallest absolute Gasteiger partial charge is 0.315 e. The molecular weight excluding hydrogens is 188 g/mol. The minimum Gasteiger partial charge on any atom is -0.468 e. The Bertz CT molecular complexity index is 229. The Kier molecular flexibility index (Phi) is 4.37. The van der Waals surface area contributed by atoms with Gasteiger partial charge >= 0.3 is 5.97 Å². The van der Waals surface area contributed by atoms with E-state index in [9.17, 15) is 4.79 Å². The van der Waals surface area contributed by atoms with E-state index in [-0.39, 0.29) is 5.97 Å². The van der Waals surface area contributed by atoms with Gasteiger partial charge in [0.25, 0.3) is 0 Å². The van der Waals surface area contributed by atoms with Gasteiger partial charge in [0.05, 0.1) is 12.5 Å². The van der Waals surface area contributed by atoms with Crippen molar-refractivity contribution < 1.29 is 9.53 Å². The third-order valence-electron chi connectivity index (χ3n) is 3.85. The number of carbonyl (C=O) groups is 1. The molecule has 0 aromatic rings. The molecule has 0 spiro atoms. The maximum absolute atomic E-state index is 11.9. The summed E-state index contributed by atoms with van der Waals surface area (Å²) in [5.74, 6) is 0.327. The second-order valence-electron chi connectivity index (χ2n) is 4.42. The van der Waals surface area contributed by atoms with Crippen LogP contribution in [0.1, 0.15) is 45.4 Å². The molecule has 0 aliphatic heterocycles. The number of rotatable bonds is 4. The lowest BCUT2D eigenvalue weighted by molar-refractivity contribution is -0.153. The summed E-state index contributed by atoms with van der Waals surface area (Å²) in [5, 5.41) is 0. The number of ether oxygens (including phenoxy) is 1. The average molecular weight is 210 g/mol. The zero-order chi connectivity index (χ0) is 11.3. The van der Waals surface area contributed by atoms with Gasteiger partial charge in [-0.25, -0.2) is 0 Å². The first kappa shape index (κ1) is 12.3. The fourth-order valence-corrected chi connectivity index (χ4v) is 2.80. The Hall–Kier alpha value is -0.790. The highest BCUT2D eigenvalue weighted by Crippen LogP contribution is 2.42. The van der Waals surface area contributed by atoms with E-state index in [1.165, 1.54) is 26.4 Å². The predicted molar refractivity (Wildman–Crippen MR) is 61.5 cm³/mol. The van der Waals surface area contributed by atoms with Crippen LogP contribution in [0.3, 0.4) is 0 Å². The van der Waals surface area contributed by atoms with Gasteiger partial charge in [0.2, 0.25) is 0 Å². The minimum atomic E-state index is -0.435. The number of carbonyl (C=O) groups excluding carboxylic acids is 1.